The molecule has 1 aromatic heterocycles. The van der Waals surface area contributed by atoms with Gasteiger partial charge in [-0.2, -0.15) is 9.90 Å². The van der Waals surface area contributed by atoms with Crippen molar-refractivity contribution in [3.05, 3.63) is 65.5 Å². The molecule has 1 fully saturated rings. The lowest BCUT2D eigenvalue weighted by molar-refractivity contribution is 0.0728. The average Bonchev–Trinajstić information content (AvgIpc) is 3.34. The number of benzene rings is 2. The number of ether oxygens (including phenoxy) is 2. The van der Waals surface area contributed by atoms with Gasteiger partial charge in [-0.15, -0.1) is 5.10 Å². The molecule has 0 N–H and O–H groups in total. The van der Waals surface area contributed by atoms with Crippen molar-refractivity contribution in [3.63, 3.8) is 0 Å². The number of carbonyl (C=O) groups excluding carboxylic acids is 1. The normalized spacial score (nSPS) is 18.3. The molecule has 3 heterocycles. The summed E-state index contributed by atoms with van der Waals surface area (Å²) in [6.45, 7) is 3.84. The number of hydrogen-bond donors (Lipinski definition) is 0. The van der Waals surface area contributed by atoms with E-state index in [1.165, 1.54) is 4.80 Å². The molecular formula is C23H24N4O3. The number of hydrogen-bond acceptors (Lipinski definition) is 5. The molecular weight excluding hydrogens is 380 g/mol. The molecule has 2 aromatic carbocycles. The van der Waals surface area contributed by atoms with Gasteiger partial charge < -0.3 is 14.4 Å². The standard InChI is InChI=1S/C23H24N4O3/c1-16-22(25-27(24-16)18-7-3-2-4-8-18)23(28)26-12-5-9-19(26)17-10-11-20-21(15-17)30-14-6-13-29-20/h2-4,7-8,10-11,15,19H,5-6,9,12-14H2,1H3. The smallest absolute Gasteiger partial charge is 0.276 e. The second-order valence-corrected chi connectivity index (χ2v) is 7.67. The Hall–Kier alpha value is -3.35. The van der Waals surface area contributed by atoms with Crippen molar-refractivity contribution in [3.8, 4) is 17.2 Å². The maximum Gasteiger partial charge on any atom is 0.276 e. The number of nitrogens with zero attached hydrogens (tertiary/aromatic N) is 4. The number of likely N-dealkylation sites (tertiary alicyclic amines) is 1. The fourth-order valence-corrected chi connectivity index (χ4v) is 4.13. The quantitative estimate of drug-likeness (QED) is 0.666. The molecule has 0 bridgehead atoms. The van der Waals surface area contributed by atoms with Gasteiger partial charge in [0.1, 0.15) is 0 Å². The van der Waals surface area contributed by atoms with Gasteiger partial charge in [0.25, 0.3) is 5.91 Å². The van der Waals surface area contributed by atoms with Crippen molar-refractivity contribution < 1.29 is 14.3 Å². The van der Waals surface area contributed by atoms with Crippen molar-refractivity contribution >= 4 is 5.91 Å². The third-order valence-electron chi connectivity index (χ3n) is 5.64. The molecule has 0 radical (unpaired) electrons. The number of fused-ring (bicyclic) bond motifs is 1. The zero-order valence-electron chi connectivity index (χ0n) is 17.0. The van der Waals surface area contributed by atoms with Crippen LogP contribution in [0, 0.1) is 6.92 Å². The van der Waals surface area contributed by atoms with E-state index in [4.69, 9.17) is 9.47 Å². The van der Waals surface area contributed by atoms with Crippen molar-refractivity contribution in [2.24, 2.45) is 0 Å². The van der Waals surface area contributed by atoms with E-state index in [0.29, 0.717) is 31.1 Å². The first-order valence-corrected chi connectivity index (χ1v) is 10.4. The van der Waals surface area contributed by atoms with E-state index in [1.54, 1.807) is 0 Å². The Bertz CT molecular complexity index is 1060. The van der Waals surface area contributed by atoms with Crippen LogP contribution in [0.2, 0.25) is 0 Å². The highest BCUT2D eigenvalue weighted by atomic mass is 16.5. The molecule has 0 saturated carbocycles. The molecule has 154 valence electrons. The average molecular weight is 404 g/mol. The van der Waals surface area contributed by atoms with Crippen LogP contribution in [-0.4, -0.2) is 45.6 Å². The lowest BCUT2D eigenvalue weighted by Gasteiger charge is -2.25. The summed E-state index contributed by atoms with van der Waals surface area (Å²) in [5.41, 5.74) is 2.94. The maximum atomic E-state index is 13.4. The van der Waals surface area contributed by atoms with Gasteiger partial charge in [-0.05, 0) is 49.6 Å². The van der Waals surface area contributed by atoms with E-state index in [-0.39, 0.29) is 11.9 Å². The molecule has 0 spiro atoms. The molecule has 1 atom stereocenters. The summed E-state index contributed by atoms with van der Waals surface area (Å²) in [6.07, 6.45) is 2.74. The first-order valence-electron chi connectivity index (χ1n) is 10.4. The summed E-state index contributed by atoms with van der Waals surface area (Å²) in [5, 5.41) is 8.97. The maximum absolute atomic E-state index is 13.4. The summed E-state index contributed by atoms with van der Waals surface area (Å²) < 4.78 is 11.6. The van der Waals surface area contributed by atoms with E-state index >= 15 is 0 Å². The van der Waals surface area contributed by atoms with Gasteiger partial charge in [-0.3, -0.25) is 4.79 Å². The van der Waals surface area contributed by atoms with Crippen LogP contribution in [0.3, 0.4) is 0 Å². The Morgan fingerprint density at radius 1 is 1.00 bits per heavy atom. The third kappa shape index (κ3) is 3.40. The van der Waals surface area contributed by atoms with Crippen LogP contribution >= 0.6 is 0 Å². The first-order chi connectivity index (χ1) is 14.7. The molecule has 7 nitrogen and oxygen atoms in total. The Labute approximate surface area is 175 Å². The van der Waals surface area contributed by atoms with Crippen LogP contribution in [0.15, 0.2) is 48.5 Å². The Morgan fingerprint density at radius 3 is 2.63 bits per heavy atom. The highest BCUT2D eigenvalue weighted by Gasteiger charge is 2.33. The number of para-hydroxylation sites is 1. The molecule has 30 heavy (non-hydrogen) atoms. The highest BCUT2D eigenvalue weighted by Crippen LogP contribution is 2.38. The molecule has 1 saturated heterocycles. The monoisotopic (exact) mass is 404 g/mol. The summed E-state index contributed by atoms with van der Waals surface area (Å²) in [6, 6.07) is 15.6. The first kappa shape index (κ1) is 18.7. The summed E-state index contributed by atoms with van der Waals surface area (Å²) in [7, 11) is 0. The number of rotatable bonds is 3. The lowest BCUT2D eigenvalue weighted by Crippen LogP contribution is -2.31. The van der Waals surface area contributed by atoms with Crippen molar-refractivity contribution in [2.45, 2.75) is 32.2 Å². The van der Waals surface area contributed by atoms with Crippen molar-refractivity contribution in [1.82, 2.24) is 19.9 Å². The van der Waals surface area contributed by atoms with Gasteiger partial charge in [-0.1, -0.05) is 24.3 Å². The predicted molar refractivity (Wildman–Crippen MR) is 111 cm³/mol. The molecule has 2 aliphatic heterocycles. The van der Waals surface area contributed by atoms with Gasteiger partial charge in [0, 0.05) is 13.0 Å². The largest absolute Gasteiger partial charge is 0.490 e. The molecule has 2 aliphatic rings. The summed E-state index contributed by atoms with van der Waals surface area (Å²) >= 11 is 0. The third-order valence-corrected chi connectivity index (χ3v) is 5.64. The van der Waals surface area contributed by atoms with E-state index in [9.17, 15) is 4.79 Å². The van der Waals surface area contributed by atoms with E-state index < -0.39 is 0 Å². The topological polar surface area (TPSA) is 69.5 Å². The summed E-state index contributed by atoms with van der Waals surface area (Å²) in [5.74, 6) is 1.45. The van der Waals surface area contributed by atoms with Gasteiger partial charge in [0.2, 0.25) is 0 Å². The minimum Gasteiger partial charge on any atom is -0.490 e. The second-order valence-electron chi connectivity index (χ2n) is 7.67. The van der Waals surface area contributed by atoms with Gasteiger partial charge in [0.05, 0.1) is 30.6 Å². The van der Waals surface area contributed by atoms with Crippen LogP contribution in [0.5, 0.6) is 11.5 Å². The van der Waals surface area contributed by atoms with Crippen LogP contribution in [0.1, 0.15) is 47.1 Å². The van der Waals surface area contributed by atoms with E-state index in [1.807, 2.05) is 60.4 Å². The Balaban J connectivity index is 1.42. The number of carbonyl (C=O) groups is 1. The van der Waals surface area contributed by atoms with Gasteiger partial charge >= 0.3 is 0 Å². The highest BCUT2D eigenvalue weighted by molar-refractivity contribution is 5.93. The van der Waals surface area contributed by atoms with Crippen molar-refractivity contribution in [1.29, 1.82) is 0 Å². The Morgan fingerprint density at radius 2 is 1.80 bits per heavy atom. The predicted octanol–water partition coefficient (Wildman–Crippen LogP) is 3.71. The van der Waals surface area contributed by atoms with Gasteiger partial charge in [-0.25, -0.2) is 0 Å². The zero-order valence-corrected chi connectivity index (χ0v) is 17.0. The second kappa shape index (κ2) is 7.82. The van der Waals surface area contributed by atoms with Crippen LogP contribution in [0.4, 0.5) is 0 Å². The number of aromatic nitrogens is 3. The number of amides is 1. The van der Waals surface area contributed by atoms with Crippen LogP contribution < -0.4 is 9.47 Å². The Kier molecular flexibility index (Phi) is 4.86. The van der Waals surface area contributed by atoms with Crippen LogP contribution in [0.25, 0.3) is 5.69 Å². The van der Waals surface area contributed by atoms with Crippen LogP contribution in [-0.2, 0) is 0 Å². The molecule has 7 heteroatoms. The minimum atomic E-state index is -0.0794. The lowest BCUT2D eigenvalue weighted by atomic mass is 10.0. The molecule has 1 unspecified atom stereocenters. The molecule has 3 aromatic rings. The number of aryl methyl sites for hydroxylation is 1. The fourth-order valence-electron chi connectivity index (χ4n) is 4.13. The zero-order chi connectivity index (χ0) is 20.5. The molecule has 5 rings (SSSR count). The summed E-state index contributed by atoms with van der Waals surface area (Å²) in [4.78, 5) is 16.8. The minimum absolute atomic E-state index is 0.00377. The van der Waals surface area contributed by atoms with E-state index in [0.717, 1.165) is 42.0 Å². The fraction of sp³-hybridized carbons (Fsp3) is 0.348. The SMILES string of the molecule is Cc1nn(-c2ccccc2)nc1C(=O)N1CCCC1c1ccc2c(c1)OCCCO2. The van der Waals surface area contributed by atoms with Crippen molar-refractivity contribution in [2.75, 3.05) is 19.8 Å². The molecule has 0 aliphatic carbocycles. The molecule has 1 amide bonds. The van der Waals surface area contributed by atoms with Gasteiger partial charge in [0.15, 0.2) is 17.2 Å². The van der Waals surface area contributed by atoms with E-state index in [2.05, 4.69) is 10.2 Å².